The van der Waals surface area contributed by atoms with Crippen LogP contribution in [-0.2, 0) is 6.54 Å². The lowest BCUT2D eigenvalue weighted by atomic mass is 10.1. The van der Waals surface area contributed by atoms with Crippen molar-refractivity contribution in [3.05, 3.63) is 72.1 Å². The number of pyridine rings is 1. The summed E-state index contributed by atoms with van der Waals surface area (Å²) in [5, 5.41) is 0.930. The molecule has 2 aromatic rings. The maximum atomic E-state index is 11.9. The molecule has 0 aliphatic heterocycles. The van der Waals surface area contributed by atoms with E-state index in [0.717, 1.165) is 17.4 Å². The molecule has 0 aliphatic carbocycles. The third-order valence-corrected chi connectivity index (χ3v) is 3.10. The summed E-state index contributed by atoms with van der Waals surface area (Å²) in [6.45, 7) is 0.937. The molecule has 0 bridgehead atoms. The van der Waals surface area contributed by atoms with Crippen LogP contribution in [0.2, 0.25) is 0 Å². The first kappa shape index (κ1) is 13.7. The second-order valence-corrected chi connectivity index (χ2v) is 4.91. The molecule has 0 fully saturated rings. The normalized spacial score (nSPS) is 10.8. The van der Waals surface area contributed by atoms with Gasteiger partial charge in [-0.05, 0) is 11.6 Å². The van der Waals surface area contributed by atoms with Crippen LogP contribution in [0.5, 0.6) is 0 Å². The first-order chi connectivity index (χ1) is 9.29. The molecular formula is C16H15BrNO+. The Bertz CT molecular complexity index is 561. The fraction of sp³-hybridized carbons (Fsp3) is 0.125. The Balaban J connectivity index is 2.04. The van der Waals surface area contributed by atoms with Crippen molar-refractivity contribution >= 4 is 27.8 Å². The molecule has 96 valence electrons. The fourth-order valence-electron chi connectivity index (χ4n) is 1.70. The van der Waals surface area contributed by atoms with Crippen LogP contribution in [-0.4, -0.2) is 11.1 Å². The van der Waals surface area contributed by atoms with Gasteiger partial charge in [-0.15, -0.1) is 0 Å². The van der Waals surface area contributed by atoms with Gasteiger partial charge in [-0.25, -0.2) is 4.57 Å². The van der Waals surface area contributed by atoms with Gasteiger partial charge < -0.3 is 0 Å². The van der Waals surface area contributed by atoms with Gasteiger partial charge in [-0.2, -0.15) is 0 Å². The highest BCUT2D eigenvalue weighted by atomic mass is 79.9. The van der Waals surface area contributed by atoms with Crippen LogP contribution in [0.3, 0.4) is 0 Å². The van der Waals surface area contributed by atoms with Gasteiger partial charge in [-0.3, -0.25) is 4.79 Å². The van der Waals surface area contributed by atoms with E-state index >= 15 is 0 Å². The van der Waals surface area contributed by atoms with E-state index in [-0.39, 0.29) is 5.78 Å². The molecule has 0 N–H and O–H groups in total. The molecule has 1 aromatic carbocycles. The van der Waals surface area contributed by atoms with E-state index in [4.69, 9.17) is 0 Å². The zero-order valence-electron chi connectivity index (χ0n) is 10.5. The number of aromatic nitrogens is 1. The molecule has 2 nitrogen and oxygen atoms in total. The quantitative estimate of drug-likeness (QED) is 0.359. The molecule has 0 saturated heterocycles. The van der Waals surface area contributed by atoms with Gasteiger partial charge in [0.15, 0.2) is 24.7 Å². The van der Waals surface area contributed by atoms with E-state index in [1.165, 1.54) is 0 Å². The Hall–Kier alpha value is -1.74. The highest BCUT2D eigenvalue weighted by molar-refractivity contribution is 9.09. The van der Waals surface area contributed by atoms with Gasteiger partial charge in [0, 0.05) is 17.7 Å². The summed E-state index contributed by atoms with van der Waals surface area (Å²) in [6, 6.07) is 13.3. The van der Waals surface area contributed by atoms with Crippen LogP contribution in [0.4, 0.5) is 0 Å². The molecule has 0 atom stereocenters. The lowest BCUT2D eigenvalue weighted by Gasteiger charge is -1.95. The number of halogens is 1. The molecule has 1 heterocycles. The molecule has 3 heteroatoms. The predicted molar refractivity (Wildman–Crippen MR) is 80.2 cm³/mol. The number of alkyl halides is 1. The number of carbonyl (C=O) groups is 1. The van der Waals surface area contributed by atoms with Crippen molar-refractivity contribution in [2.45, 2.75) is 6.54 Å². The zero-order chi connectivity index (χ0) is 13.5. The summed E-state index contributed by atoms with van der Waals surface area (Å²) in [5.41, 5.74) is 1.74. The van der Waals surface area contributed by atoms with E-state index in [1.54, 1.807) is 6.08 Å². The number of hydrogen-bond acceptors (Lipinski definition) is 1. The van der Waals surface area contributed by atoms with E-state index < -0.39 is 0 Å². The Morgan fingerprint density at radius 2 is 1.79 bits per heavy atom. The molecule has 1 aromatic heterocycles. The lowest BCUT2D eigenvalue weighted by Crippen LogP contribution is -2.33. The van der Waals surface area contributed by atoms with Crippen molar-refractivity contribution in [3.8, 4) is 0 Å². The standard InChI is InChI=1S/C16H15BrNO/c17-10-13-18-11-8-14(9-12-18)6-7-16(19)15-4-2-1-3-5-15/h1-9,11-12H,10,13H2/q+1/b7-6+. The van der Waals surface area contributed by atoms with Crippen molar-refractivity contribution in [1.29, 1.82) is 0 Å². The van der Waals surface area contributed by atoms with Crippen molar-refractivity contribution in [1.82, 2.24) is 0 Å². The molecule has 0 aliphatic rings. The van der Waals surface area contributed by atoms with Crippen molar-refractivity contribution in [3.63, 3.8) is 0 Å². The van der Waals surface area contributed by atoms with E-state index in [0.29, 0.717) is 5.56 Å². The minimum absolute atomic E-state index is 0.0257. The Labute approximate surface area is 121 Å². The fourth-order valence-corrected chi connectivity index (χ4v) is 2.11. The van der Waals surface area contributed by atoms with Gasteiger partial charge in [0.05, 0.1) is 5.33 Å². The molecule has 0 spiro atoms. The minimum atomic E-state index is 0.0257. The number of aryl methyl sites for hydroxylation is 1. The molecule has 2 rings (SSSR count). The monoisotopic (exact) mass is 316 g/mol. The van der Waals surface area contributed by atoms with Crippen LogP contribution in [0.25, 0.3) is 6.08 Å². The third-order valence-electron chi connectivity index (χ3n) is 2.75. The summed E-state index contributed by atoms with van der Waals surface area (Å²) in [7, 11) is 0. The van der Waals surface area contributed by atoms with E-state index in [1.807, 2.05) is 60.9 Å². The van der Waals surface area contributed by atoms with Crippen LogP contribution in [0.1, 0.15) is 15.9 Å². The number of hydrogen-bond donors (Lipinski definition) is 0. The smallest absolute Gasteiger partial charge is 0.185 e. The molecule has 0 amide bonds. The van der Waals surface area contributed by atoms with Gasteiger partial charge in [0.25, 0.3) is 0 Å². The van der Waals surface area contributed by atoms with E-state index in [9.17, 15) is 4.79 Å². The largest absolute Gasteiger partial charge is 0.289 e. The topological polar surface area (TPSA) is 20.9 Å². The second-order valence-electron chi connectivity index (χ2n) is 4.12. The summed E-state index contributed by atoms with van der Waals surface area (Å²) in [6.07, 6.45) is 7.47. The summed E-state index contributed by atoms with van der Waals surface area (Å²) in [4.78, 5) is 11.9. The Morgan fingerprint density at radius 3 is 2.42 bits per heavy atom. The number of carbonyl (C=O) groups excluding carboxylic acids is 1. The summed E-state index contributed by atoms with van der Waals surface area (Å²) >= 11 is 3.40. The molecule has 0 unspecified atom stereocenters. The van der Waals surface area contributed by atoms with Crippen molar-refractivity contribution < 1.29 is 9.36 Å². The van der Waals surface area contributed by atoms with Crippen molar-refractivity contribution in [2.24, 2.45) is 0 Å². The minimum Gasteiger partial charge on any atom is -0.289 e. The van der Waals surface area contributed by atoms with Gasteiger partial charge >= 0.3 is 0 Å². The number of allylic oxidation sites excluding steroid dienone is 1. The molecular weight excluding hydrogens is 302 g/mol. The summed E-state index contributed by atoms with van der Waals surface area (Å²) < 4.78 is 2.09. The van der Waals surface area contributed by atoms with Gasteiger partial charge in [-0.1, -0.05) is 52.3 Å². The van der Waals surface area contributed by atoms with Gasteiger partial charge in [0.1, 0.15) is 0 Å². The van der Waals surface area contributed by atoms with Crippen LogP contribution in [0.15, 0.2) is 60.9 Å². The number of ketones is 1. The molecule has 0 radical (unpaired) electrons. The highest BCUT2D eigenvalue weighted by Crippen LogP contribution is 2.04. The average Bonchev–Trinajstić information content (AvgIpc) is 2.47. The first-order valence-corrected chi connectivity index (χ1v) is 7.24. The van der Waals surface area contributed by atoms with E-state index in [2.05, 4.69) is 20.5 Å². The number of benzene rings is 1. The molecule has 19 heavy (non-hydrogen) atoms. The Morgan fingerprint density at radius 1 is 1.11 bits per heavy atom. The van der Waals surface area contributed by atoms with Crippen molar-refractivity contribution in [2.75, 3.05) is 5.33 Å². The first-order valence-electron chi connectivity index (χ1n) is 6.12. The SMILES string of the molecule is O=C(/C=C/c1cc[n+](CCBr)cc1)c1ccccc1. The maximum absolute atomic E-state index is 11.9. The maximum Gasteiger partial charge on any atom is 0.185 e. The number of nitrogens with zero attached hydrogens (tertiary/aromatic N) is 1. The second kappa shape index (κ2) is 7.00. The zero-order valence-corrected chi connectivity index (χ0v) is 12.1. The third kappa shape index (κ3) is 4.14. The van der Waals surface area contributed by atoms with Crippen LogP contribution in [0, 0.1) is 0 Å². The Kier molecular flexibility index (Phi) is 5.04. The predicted octanol–water partition coefficient (Wildman–Crippen LogP) is 3.27. The van der Waals surface area contributed by atoms with Crippen LogP contribution >= 0.6 is 15.9 Å². The van der Waals surface area contributed by atoms with Gasteiger partial charge in [0.2, 0.25) is 0 Å². The number of rotatable bonds is 5. The molecule has 0 saturated carbocycles. The highest BCUT2D eigenvalue weighted by Gasteiger charge is 2.01. The summed E-state index contributed by atoms with van der Waals surface area (Å²) in [5.74, 6) is 0.0257. The lowest BCUT2D eigenvalue weighted by molar-refractivity contribution is -0.692. The van der Waals surface area contributed by atoms with Crippen LogP contribution < -0.4 is 4.57 Å². The average molecular weight is 317 g/mol.